The molecule has 1 rings (SSSR count). The third-order valence-electron chi connectivity index (χ3n) is 2.03. The van der Waals surface area contributed by atoms with Crippen LogP contribution in [0.1, 0.15) is 12.5 Å². The topological polar surface area (TPSA) is 52.0 Å². The molecule has 0 aliphatic carbocycles. The maximum Gasteiger partial charge on any atom is 0.0314 e. The van der Waals surface area contributed by atoms with Gasteiger partial charge in [-0.25, -0.2) is 0 Å². The third kappa shape index (κ3) is 3.35. The average Bonchev–Trinajstić information content (AvgIpc) is 2.21. The molecule has 1 aromatic carbocycles. The monoisotopic (exact) mass is 200 g/mol. The Balaban J connectivity index is 2.94. The summed E-state index contributed by atoms with van der Waals surface area (Å²) in [5, 5.41) is 0. The van der Waals surface area contributed by atoms with Crippen molar-refractivity contribution < 1.29 is 0 Å². The van der Waals surface area contributed by atoms with E-state index >= 15 is 0 Å². The predicted octanol–water partition coefficient (Wildman–Crippen LogP) is 2.70. The molecule has 0 aliphatic heterocycles. The third-order valence-corrected chi connectivity index (χ3v) is 2.03. The predicted molar refractivity (Wildman–Crippen MR) is 67.0 cm³/mol. The highest BCUT2D eigenvalue weighted by atomic mass is 14.5. The quantitative estimate of drug-likeness (QED) is 0.582. The number of nitrogen functional groups attached to an aromatic ring is 1. The summed E-state index contributed by atoms with van der Waals surface area (Å²) in [5.41, 5.74) is 14.6. The van der Waals surface area contributed by atoms with Gasteiger partial charge in [-0.1, -0.05) is 30.9 Å². The molecule has 0 aliphatic rings. The van der Waals surface area contributed by atoms with Crippen molar-refractivity contribution in [1.29, 1.82) is 0 Å². The van der Waals surface area contributed by atoms with Crippen molar-refractivity contribution in [1.82, 2.24) is 0 Å². The minimum atomic E-state index is 0.546. The first-order chi connectivity index (χ1) is 7.13. The lowest BCUT2D eigenvalue weighted by atomic mass is 10.0. The molecule has 0 fully saturated rings. The standard InChI is InChI=1S/C13H16N2/c1-3-11(5-4-10(2)14)12-6-8-13(15)9-7-12/h3-9H,2,14-15H2,1H3/b5-4-,11-3+. The second-order valence-corrected chi connectivity index (χ2v) is 3.27. The fourth-order valence-corrected chi connectivity index (χ4v) is 1.23. The van der Waals surface area contributed by atoms with E-state index in [9.17, 15) is 0 Å². The van der Waals surface area contributed by atoms with Crippen LogP contribution in [-0.2, 0) is 0 Å². The summed E-state index contributed by atoms with van der Waals surface area (Å²) >= 11 is 0. The highest BCUT2D eigenvalue weighted by Crippen LogP contribution is 2.17. The zero-order valence-electron chi connectivity index (χ0n) is 8.90. The molecule has 2 nitrogen and oxygen atoms in total. The maximum atomic E-state index is 5.62. The van der Waals surface area contributed by atoms with Crippen molar-refractivity contribution in [2.75, 3.05) is 5.73 Å². The Morgan fingerprint density at radius 2 is 1.80 bits per heavy atom. The van der Waals surface area contributed by atoms with Gasteiger partial charge in [-0.05, 0) is 36.3 Å². The minimum absolute atomic E-state index is 0.546. The van der Waals surface area contributed by atoms with Crippen LogP contribution < -0.4 is 11.5 Å². The molecule has 1 aromatic rings. The SMILES string of the molecule is C=C(N)/C=C\C(=C/C)c1ccc(N)cc1. The second-order valence-electron chi connectivity index (χ2n) is 3.27. The first kappa shape index (κ1) is 11.1. The Morgan fingerprint density at radius 1 is 1.20 bits per heavy atom. The van der Waals surface area contributed by atoms with Crippen LogP contribution in [0.2, 0.25) is 0 Å². The van der Waals surface area contributed by atoms with E-state index in [0.717, 1.165) is 16.8 Å². The zero-order valence-corrected chi connectivity index (χ0v) is 8.90. The van der Waals surface area contributed by atoms with Crippen LogP contribution in [0.5, 0.6) is 0 Å². The van der Waals surface area contributed by atoms with Crippen LogP contribution in [-0.4, -0.2) is 0 Å². The fourth-order valence-electron chi connectivity index (χ4n) is 1.23. The van der Waals surface area contributed by atoms with E-state index in [1.54, 1.807) is 6.08 Å². The van der Waals surface area contributed by atoms with Crippen LogP contribution in [0.3, 0.4) is 0 Å². The zero-order chi connectivity index (χ0) is 11.3. The van der Waals surface area contributed by atoms with Crippen LogP contribution in [0.15, 0.2) is 54.8 Å². The Morgan fingerprint density at radius 3 is 2.27 bits per heavy atom. The summed E-state index contributed by atoms with van der Waals surface area (Å²) < 4.78 is 0. The van der Waals surface area contributed by atoms with Crippen molar-refractivity contribution in [3.63, 3.8) is 0 Å². The van der Waals surface area contributed by atoms with E-state index in [-0.39, 0.29) is 0 Å². The molecule has 78 valence electrons. The second kappa shape index (κ2) is 5.05. The molecule has 0 saturated carbocycles. The lowest BCUT2D eigenvalue weighted by Gasteiger charge is -2.02. The van der Waals surface area contributed by atoms with Gasteiger partial charge in [0, 0.05) is 11.4 Å². The van der Waals surface area contributed by atoms with E-state index in [1.807, 2.05) is 43.3 Å². The van der Waals surface area contributed by atoms with Crippen molar-refractivity contribution in [3.8, 4) is 0 Å². The molecule has 0 spiro atoms. The number of benzene rings is 1. The number of nitrogens with two attached hydrogens (primary N) is 2. The maximum absolute atomic E-state index is 5.62. The lowest BCUT2D eigenvalue weighted by molar-refractivity contribution is 1.45. The summed E-state index contributed by atoms with van der Waals surface area (Å²) in [6.07, 6.45) is 5.74. The molecule has 0 bridgehead atoms. The number of hydrogen-bond acceptors (Lipinski definition) is 2. The molecular weight excluding hydrogens is 184 g/mol. The van der Waals surface area contributed by atoms with Gasteiger partial charge in [0.15, 0.2) is 0 Å². The molecule has 0 radical (unpaired) electrons. The molecule has 15 heavy (non-hydrogen) atoms. The van der Waals surface area contributed by atoms with Crippen molar-refractivity contribution >= 4 is 11.3 Å². The van der Waals surface area contributed by atoms with E-state index in [4.69, 9.17) is 11.5 Å². The van der Waals surface area contributed by atoms with Crippen LogP contribution in [0.25, 0.3) is 5.57 Å². The van der Waals surface area contributed by atoms with Gasteiger partial charge in [-0.2, -0.15) is 0 Å². The summed E-state index contributed by atoms with van der Waals surface area (Å²) in [6.45, 7) is 5.59. The van der Waals surface area contributed by atoms with Gasteiger partial charge in [-0.3, -0.25) is 0 Å². The van der Waals surface area contributed by atoms with Gasteiger partial charge in [0.05, 0.1) is 0 Å². The van der Waals surface area contributed by atoms with E-state index < -0.39 is 0 Å². The van der Waals surface area contributed by atoms with E-state index in [0.29, 0.717) is 5.70 Å². The molecule has 0 unspecified atom stereocenters. The summed E-state index contributed by atoms with van der Waals surface area (Å²) in [6, 6.07) is 7.72. The van der Waals surface area contributed by atoms with Crippen molar-refractivity contribution in [2.45, 2.75) is 6.92 Å². The largest absolute Gasteiger partial charge is 0.399 e. The lowest BCUT2D eigenvalue weighted by Crippen LogP contribution is -1.89. The smallest absolute Gasteiger partial charge is 0.0314 e. The molecule has 0 saturated heterocycles. The van der Waals surface area contributed by atoms with Crippen LogP contribution in [0.4, 0.5) is 5.69 Å². The van der Waals surface area contributed by atoms with Crippen molar-refractivity contribution in [2.24, 2.45) is 5.73 Å². The Labute approximate surface area is 90.6 Å². The van der Waals surface area contributed by atoms with Gasteiger partial charge < -0.3 is 11.5 Å². The highest BCUT2D eigenvalue weighted by molar-refractivity contribution is 5.74. The first-order valence-corrected chi connectivity index (χ1v) is 4.78. The van der Waals surface area contributed by atoms with Crippen LogP contribution in [0, 0.1) is 0 Å². The molecule has 0 heterocycles. The highest BCUT2D eigenvalue weighted by Gasteiger charge is 1.95. The number of rotatable bonds is 3. The molecule has 0 atom stereocenters. The average molecular weight is 200 g/mol. The van der Waals surface area contributed by atoms with Gasteiger partial charge >= 0.3 is 0 Å². The summed E-state index contributed by atoms with van der Waals surface area (Å²) in [4.78, 5) is 0. The fraction of sp³-hybridized carbons (Fsp3) is 0.0769. The van der Waals surface area contributed by atoms with Gasteiger partial charge in [0.1, 0.15) is 0 Å². The minimum Gasteiger partial charge on any atom is -0.399 e. The van der Waals surface area contributed by atoms with Crippen molar-refractivity contribution in [3.05, 3.63) is 60.3 Å². The Hall–Kier alpha value is -1.96. The van der Waals surface area contributed by atoms with Crippen LogP contribution >= 0.6 is 0 Å². The Kier molecular flexibility index (Phi) is 3.75. The molecule has 0 amide bonds. The molecular formula is C13H16N2. The summed E-state index contributed by atoms with van der Waals surface area (Å²) in [7, 11) is 0. The summed E-state index contributed by atoms with van der Waals surface area (Å²) in [5.74, 6) is 0. The van der Waals surface area contributed by atoms with E-state index in [2.05, 4.69) is 6.58 Å². The van der Waals surface area contributed by atoms with Gasteiger partial charge in [-0.15, -0.1) is 0 Å². The molecule has 4 N–H and O–H groups in total. The number of hydrogen-bond donors (Lipinski definition) is 2. The number of allylic oxidation sites excluding steroid dienone is 4. The normalized spacial score (nSPS) is 11.9. The molecule has 0 aromatic heterocycles. The van der Waals surface area contributed by atoms with Gasteiger partial charge in [0.2, 0.25) is 0 Å². The first-order valence-electron chi connectivity index (χ1n) is 4.78. The molecule has 2 heteroatoms. The van der Waals surface area contributed by atoms with E-state index in [1.165, 1.54) is 0 Å². The van der Waals surface area contributed by atoms with Gasteiger partial charge in [0.25, 0.3) is 0 Å². The Bertz CT molecular complexity index is 397. The number of anilines is 1.